The third-order valence-electron chi connectivity index (χ3n) is 3.41. The molecule has 0 atom stereocenters. The minimum absolute atomic E-state index is 0.0696. The molecule has 1 aliphatic rings. The molecule has 0 bridgehead atoms. The second-order valence-electron chi connectivity index (χ2n) is 5.14. The summed E-state index contributed by atoms with van der Waals surface area (Å²) in [5, 5.41) is 0. The quantitative estimate of drug-likeness (QED) is 0.754. The van der Waals surface area contributed by atoms with Gasteiger partial charge in [0.05, 0.1) is 4.90 Å². The first-order valence-electron chi connectivity index (χ1n) is 6.20. The van der Waals surface area contributed by atoms with Crippen LogP contribution < -0.4 is 0 Å². The molecule has 1 saturated carbocycles. The minimum Gasteiger partial charge on any atom is -0.341 e. The first kappa shape index (κ1) is 15.8. The summed E-state index contributed by atoms with van der Waals surface area (Å²) in [4.78, 5) is 14.0. The van der Waals surface area contributed by atoms with E-state index < -0.39 is 9.05 Å². The highest BCUT2D eigenvalue weighted by Crippen LogP contribution is 2.31. The van der Waals surface area contributed by atoms with E-state index in [1.807, 2.05) is 0 Å². The van der Waals surface area contributed by atoms with E-state index in [9.17, 15) is 13.2 Å². The Balaban J connectivity index is 2.38. The molecule has 1 fully saturated rings. The van der Waals surface area contributed by atoms with Crippen molar-refractivity contribution >= 4 is 41.6 Å². The van der Waals surface area contributed by atoms with Crippen molar-refractivity contribution in [1.82, 2.24) is 4.90 Å². The van der Waals surface area contributed by atoms with Crippen LogP contribution >= 0.6 is 26.6 Å². The van der Waals surface area contributed by atoms with Gasteiger partial charge in [0, 0.05) is 34.3 Å². The molecule has 0 unspecified atom stereocenters. The molecule has 0 N–H and O–H groups in total. The van der Waals surface area contributed by atoms with Gasteiger partial charge in [-0.3, -0.25) is 4.79 Å². The fourth-order valence-corrected chi connectivity index (χ4v) is 3.39. The van der Waals surface area contributed by atoms with Crippen LogP contribution in [0.5, 0.6) is 0 Å². The van der Waals surface area contributed by atoms with E-state index in [4.69, 9.17) is 10.7 Å². The second kappa shape index (κ2) is 5.66. The molecule has 0 heterocycles. The maximum atomic E-state index is 12.4. The van der Waals surface area contributed by atoms with Crippen LogP contribution in [-0.2, 0) is 9.05 Å². The lowest BCUT2D eigenvalue weighted by Gasteiger charge is -2.19. The second-order valence-corrected chi connectivity index (χ2v) is 8.56. The molecule has 0 aromatic heterocycles. The fourth-order valence-electron chi connectivity index (χ4n) is 1.99. The molecule has 0 radical (unpaired) electrons. The Labute approximate surface area is 131 Å². The monoisotopic (exact) mass is 379 g/mol. The normalized spacial score (nSPS) is 15.2. The molecule has 20 heavy (non-hydrogen) atoms. The Kier molecular flexibility index (Phi) is 4.47. The van der Waals surface area contributed by atoms with Crippen molar-refractivity contribution < 1.29 is 13.2 Å². The average Bonchev–Trinajstić information content (AvgIpc) is 3.14. The number of nitrogens with zero attached hydrogens (tertiary/aromatic N) is 1. The smallest absolute Gasteiger partial charge is 0.261 e. The highest BCUT2D eigenvalue weighted by atomic mass is 79.9. The van der Waals surface area contributed by atoms with Gasteiger partial charge in [0.2, 0.25) is 0 Å². The van der Waals surface area contributed by atoms with Crippen molar-refractivity contribution in [3.8, 4) is 0 Å². The van der Waals surface area contributed by atoms with Crippen LogP contribution in [0.1, 0.15) is 28.8 Å². The molecule has 0 aliphatic heterocycles. The summed E-state index contributed by atoms with van der Waals surface area (Å²) < 4.78 is 23.5. The topological polar surface area (TPSA) is 54.5 Å². The summed E-state index contributed by atoms with van der Waals surface area (Å²) in [5.74, 6) is 0.393. The van der Waals surface area contributed by atoms with Gasteiger partial charge in [-0.05, 0) is 43.4 Å². The van der Waals surface area contributed by atoms with E-state index in [0.717, 1.165) is 12.8 Å². The van der Waals surface area contributed by atoms with Crippen molar-refractivity contribution in [2.24, 2.45) is 5.92 Å². The molecule has 1 amide bonds. The molecule has 1 aromatic carbocycles. The van der Waals surface area contributed by atoms with Gasteiger partial charge < -0.3 is 4.90 Å². The van der Waals surface area contributed by atoms with E-state index >= 15 is 0 Å². The summed E-state index contributed by atoms with van der Waals surface area (Å²) in [6, 6.07) is 2.75. The van der Waals surface area contributed by atoms with Gasteiger partial charge in [0.15, 0.2) is 0 Å². The Morgan fingerprint density at radius 1 is 1.45 bits per heavy atom. The summed E-state index contributed by atoms with van der Waals surface area (Å²) in [5.41, 5.74) is 1.07. The van der Waals surface area contributed by atoms with Gasteiger partial charge in [0.25, 0.3) is 15.0 Å². The van der Waals surface area contributed by atoms with E-state index in [0.29, 0.717) is 28.1 Å². The van der Waals surface area contributed by atoms with Gasteiger partial charge in [-0.1, -0.05) is 15.9 Å². The number of hydrogen-bond acceptors (Lipinski definition) is 3. The van der Waals surface area contributed by atoms with Crippen LogP contribution in [0.3, 0.4) is 0 Å². The number of carbonyl (C=O) groups is 1. The molecule has 110 valence electrons. The largest absolute Gasteiger partial charge is 0.341 e. The van der Waals surface area contributed by atoms with Gasteiger partial charge >= 0.3 is 0 Å². The van der Waals surface area contributed by atoms with Crippen LogP contribution in [0, 0.1) is 12.8 Å². The first-order chi connectivity index (χ1) is 9.20. The molecule has 4 nitrogen and oxygen atoms in total. The zero-order chi connectivity index (χ0) is 15.1. The van der Waals surface area contributed by atoms with Crippen molar-refractivity contribution in [1.29, 1.82) is 0 Å². The molecule has 1 aromatic rings. The maximum Gasteiger partial charge on any atom is 0.261 e. The number of benzene rings is 1. The molecular formula is C13H15BrClNO3S. The van der Waals surface area contributed by atoms with Crippen molar-refractivity contribution in [3.63, 3.8) is 0 Å². The molecule has 0 spiro atoms. The first-order valence-corrected chi connectivity index (χ1v) is 9.30. The van der Waals surface area contributed by atoms with Crippen LogP contribution in [0.2, 0.25) is 0 Å². The zero-order valence-corrected chi connectivity index (χ0v) is 14.3. The molecule has 0 saturated heterocycles. The minimum atomic E-state index is -3.86. The summed E-state index contributed by atoms with van der Waals surface area (Å²) in [6.07, 6.45) is 2.30. The number of carbonyl (C=O) groups excluding carboxylic acids is 1. The molecule has 7 heteroatoms. The lowest BCUT2D eigenvalue weighted by atomic mass is 10.1. The lowest BCUT2D eigenvalue weighted by molar-refractivity contribution is 0.0787. The van der Waals surface area contributed by atoms with E-state index in [2.05, 4.69) is 15.9 Å². The summed E-state index contributed by atoms with van der Waals surface area (Å²) in [7, 11) is 3.23. The van der Waals surface area contributed by atoms with Crippen molar-refractivity contribution in [2.45, 2.75) is 24.7 Å². The van der Waals surface area contributed by atoms with E-state index in [1.165, 1.54) is 12.1 Å². The van der Waals surface area contributed by atoms with E-state index in [-0.39, 0.29) is 10.8 Å². The van der Waals surface area contributed by atoms with Gasteiger partial charge in [0.1, 0.15) is 0 Å². The Hall–Kier alpha value is -0.590. The van der Waals surface area contributed by atoms with Crippen LogP contribution in [0.4, 0.5) is 0 Å². The third kappa shape index (κ3) is 3.54. The van der Waals surface area contributed by atoms with Crippen LogP contribution in [0.25, 0.3) is 0 Å². The number of rotatable bonds is 4. The lowest BCUT2D eigenvalue weighted by Crippen LogP contribution is -2.29. The Bertz CT molecular complexity index is 656. The van der Waals surface area contributed by atoms with Gasteiger partial charge in [-0.15, -0.1) is 0 Å². The third-order valence-corrected chi connectivity index (χ3v) is 5.56. The number of amides is 1. The molecule has 2 rings (SSSR count). The Morgan fingerprint density at radius 2 is 2.05 bits per heavy atom. The predicted molar refractivity (Wildman–Crippen MR) is 81.6 cm³/mol. The van der Waals surface area contributed by atoms with Gasteiger partial charge in [-0.2, -0.15) is 0 Å². The average molecular weight is 381 g/mol. The van der Waals surface area contributed by atoms with Crippen LogP contribution in [0.15, 0.2) is 21.5 Å². The highest BCUT2D eigenvalue weighted by Gasteiger charge is 2.27. The van der Waals surface area contributed by atoms with Gasteiger partial charge in [-0.25, -0.2) is 8.42 Å². The number of hydrogen-bond donors (Lipinski definition) is 0. The zero-order valence-electron chi connectivity index (χ0n) is 11.2. The predicted octanol–water partition coefficient (Wildman–Crippen LogP) is 3.17. The van der Waals surface area contributed by atoms with Crippen LogP contribution in [-0.4, -0.2) is 32.8 Å². The summed E-state index contributed by atoms with van der Waals surface area (Å²) >= 11 is 3.28. The molecule has 1 aliphatic carbocycles. The fraction of sp³-hybridized carbons (Fsp3) is 0.462. The highest BCUT2D eigenvalue weighted by molar-refractivity contribution is 9.10. The number of halogens is 2. The van der Waals surface area contributed by atoms with E-state index in [1.54, 1.807) is 18.9 Å². The Morgan fingerprint density at radius 3 is 2.55 bits per heavy atom. The standard InChI is InChI=1S/C13H15BrClNO3S/c1-8-11(13(17)16(2)7-9-3-4-9)5-10(6-12(8)14)20(15,18)19/h5-6,9H,3-4,7H2,1-2H3. The molecular weight excluding hydrogens is 366 g/mol. The maximum absolute atomic E-state index is 12.4. The SMILES string of the molecule is Cc1c(Br)cc(S(=O)(=O)Cl)cc1C(=O)N(C)CC1CC1. The summed E-state index contributed by atoms with van der Waals surface area (Å²) in [6.45, 7) is 2.47. The van der Waals surface area contributed by atoms with Crippen molar-refractivity contribution in [3.05, 3.63) is 27.7 Å². The van der Waals surface area contributed by atoms with Crippen molar-refractivity contribution in [2.75, 3.05) is 13.6 Å².